The highest BCUT2D eigenvalue weighted by Crippen LogP contribution is 2.56. The highest BCUT2D eigenvalue weighted by Gasteiger charge is 2.64. The van der Waals surface area contributed by atoms with Crippen LogP contribution in [0.1, 0.15) is 91.9 Å². The van der Waals surface area contributed by atoms with E-state index in [4.69, 9.17) is 24.7 Å². The van der Waals surface area contributed by atoms with Crippen molar-refractivity contribution < 1.29 is 39.0 Å². The molecule has 220 valence electrons. The second-order valence-electron chi connectivity index (χ2n) is 14.4. The van der Waals surface area contributed by atoms with E-state index in [0.29, 0.717) is 25.2 Å². The summed E-state index contributed by atoms with van der Waals surface area (Å²) in [5.41, 5.74) is 4.84. The van der Waals surface area contributed by atoms with Gasteiger partial charge < -0.3 is 29.4 Å². The molecule has 2 aliphatic carbocycles. The first-order chi connectivity index (χ1) is 18.4. The van der Waals surface area contributed by atoms with Crippen molar-refractivity contribution in [2.45, 2.75) is 146 Å². The minimum atomic E-state index is -0.953. The van der Waals surface area contributed by atoms with Crippen molar-refractivity contribution in [1.29, 1.82) is 0 Å². The zero-order valence-electron chi connectivity index (χ0n) is 24.1. The quantitative estimate of drug-likeness (QED) is 0.347. The van der Waals surface area contributed by atoms with Crippen LogP contribution in [0.2, 0.25) is 0 Å². The van der Waals surface area contributed by atoms with E-state index in [2.05, 4.69) is 5.32 Å². The lowest BCUT2D eigenvalue weighted by molar-refractivity contribution is -0.700. The molecule has 6 fully saturated rings. The van der Waals surface area contributed by atoms with E-state index in [1.165, 1.54) is 32.1 Å². The van der Waals surface area contributed by atoms with Gasteiger partial charge in [-0.05, 0) is 64.7 Å². The molecule has 11 atom stereocenters. The average molecular weight is 550 g/mol. The molecule has 2 saturated carbocycles. The maximum atomic E-state index is 13.6. The molecule has 6 aliphatic rings. The van der Waals surface area contributed by atoms with E-state index >= 15 is 0 Å². The zero-order valence-corrected chi connectivity index (χ0v) is 24.1. The van der Waals surface area contributed by atoms with E-state index < -0.39 is 29.3 Å². The lowest BCUT2D eigenvalue weighted by Crippen LogP contribution is -2.95. The van der Waals surface area contributed by atoms with Gasteiger partial charge in [0, 0.05) is 31.6 Å². The molecule has 39 heavy (non-hydrogen) atoms. The Balaban J connectivity index is 1.11. The number of esters is 1. The number of epoxide rings is 1. The number of rotatable bonds is 5. The molecule has 0 aromatic rings. The topological polar surface area (TPSA) is 137 Å². The van der Waals surface area contributed by atoms with Gasteiger partial charge in [0.1, 0.15) is 18.1 Å². The molecule has 0 amide bonds. The summed E-state index contributed by atoms with van der Waals surface area (Å²) in [5, 5.41) is 13.5. The van der Waals surface area contributed by atoms with Crippen LogP contribution >= 0.6 is 0 Å². The Morgan fingerprint density at radius 3 is 2.59 bits per heavy atom. The largest absolute Gasteiger partial charge is 0.457 e. The predicted molar refractivity (Wildman–Crippen MR) is 141 cm³/mol. The molecule has 0 radical (unpaired) electrons. The number of ether oxygens (including phenoxy) is 4. The predicted octanol–water partition coefficient (Wildman–Crippen LogP) is 1.58. The van der Waals surface area contributed by atoms with Gasteiger partial charge in [-0.15, -0.1) is 0 Å². The number of aliphatic hydroxyl groups is 1. The summed E-state index contributed by atoms with van der Waals surface area (Å²) in [5.74, 6) is -0.523. The number of hydrogen-bond acceptors (Lipinski definition) is 8. The van der Waals surface area contributed by atoms with Crippen molar-refractivity contribution in [3.05, 3.63) is 0 Å². The van der Waals surface area contributed by atoms with Gasteiger partial charge >= 0.3 is 5.97 Å². The molecular weight excluding hydrogens is 500 g/mol. The third kappa shape index (κ3) is 4.99. The number of carbonyl (C=O) groups excluding carboxylic acids is 2. The van der Waals surface area contributed by atoms with E-state index in [0.717, 1.165) is 19.4 Å². The molecule has 4 heterocycles. The van der Waals surface area contributed by atoms with Crippen molar-refractivity contribution in [3.63, 3.8) is 0 Å². The van der Waals surface area contributed by atoms with E-state index in [1.54, 1.807) is 0 Å². The first-order valence-electron chi connectivity index (χ1n) is 15.4. The van der Waals surface area contributed by atoms with Crippen LogP contribution in [0.3, 0.4) is 0 Å². The van der Waals surface area contributed by atoms with Gasteiger partial charge in [0.25, 0.3) is 0 Å². The maximum Gasteiger partial charge on any atom is 0.341 e. The fourth-order valence-electron chi connectivity index (χ4n) is 8.94. The fourth-order valence-corrected chi connectivity index (χ4v) is 8.94. The number of quaternary nitrogens is 1. The van der Waals surface area contributed by atoms with Crippen molar-refractivity contribution in [1.82, 2.24) is 0 Å². The van der Waals surface area contributed by atoms with Gasteiger partial charge in [-0.1, -0.05) is 12.8 Å². The van der Waals surface area contributed by atoms with Crippen LogP contribution in [0.5, 0.6) is 0 Å². The molecular formula is C30H49N2O7+. The summed E-state index contributed by atoms with van der Waals surface area (Å²) in [4.78, 5) is 26.4. The summed E-state index contributed by atoms with van der Waals surface area (Å²) in [7, 11) is 0. The van der Waals surface area contributed by atoms with E-state index in [9.17, 15) is 14.7 Å². The first kappa shape index (κ1) is 28.0. The smallest absolute Gasteiger partial charge is 0.341 e. The molecule has 6 rings (SSSR count). The Kier molecular flexibility index (Phi) is 7.20. The van der Waals surface area contributed by atoms with Crippen LogP contribution in [0.15, 0.2) is 0 Å². The summed E-state index contributed by atoms with van der Waals surface area (Å²) in [6, 6.07) is 0. The van der Waals surface area contributed by atoms with Crippen molar-refractivity contribution in [3.8, 4) is 0 Å². The van der Waals surface area contributed by atoms with Gasteiger partial charge in [0.05, 0.1) is 48.6 Å². The number of ketones is 1. The van der Waals surface area contributed by atoms with Crippen LogP contribution in [-0.4, -0.2) is 77.4 Å². The highest BCUT2D eigenvalue weighted by molar-refractivity contribution is 5.84. The standard InChI is InChI=1S/C30H48N2O7/c1-16-11-19(33)25-21(36-16)14-20-18(26(25)34)13-22(28(2,3)38-20)37-27(35)29(4)23(39-29)15-30(8-5-6-9-30)17-7-10-32-24(31)12-17/h16-18,20-26,32,34H,5-15,31H2,1-4H3/p+1. The summed E-state index contributed by atoms with van der Waals surface area (Å²) >= 11 is 0. The maximum absolute atomic E-state index is 13.6. The molecule has 0 aromatic carbocycles. The number of aliphatic hydroxyl groups excluding tert-OH is 1. The highest BCUT2D eigenvalue weighted by atomic mass is 16.7. The zero-order chi connectivity index (χ0) is 27.7. The Bertz CT molecular complexity index is 967. The van der Waals surface area contributed by atoms with E-state index in [-0.39, 0.29) is 53.7 Å². The second kappa shape index (κ2) is 10.0. The Morgan fingerprint density at radius 2 is 1.87 bits per heavy atom. The molecule has 0 bridgehead atoms. The fraction of sp³-hybridized carbons (Fsp3) is 0.933. The van der Waals surface area contributed by atoms with Crippen LogP contribution in [0, 0.1) is 23.2 Å². The first-order valence-corrected chi connectivity index (χ1v) is 15.4. The van der Waals surface area contributed by atoms with Crippen LogP contribution in [0.4, 0.5) is 0 Å². The molecule has 0 spiro atoms. The normalized spacial score (nSPS) is 48.6. The minimum Gasteiger partial charge on any atom is -0.457 e. The third-order valence-corrected chi connectivity index (χ3v) is 11.3. The van der Waals surface area contributed by atoms with Gasteiger partial charge in [-0.2, -0.15) is 0 Å². The van der Waals surface area contributed by atoms with Crippen molar-refractivity contribution >= 4 is 11.8 Å². The van der Waals surface area contributed by atoms with Gasteiger partial charge in [0.15, 0.2) is 5.60 Å². The number of nitrogens with two attached hydrogens (primary N) is 2. The number of Topliss-reactive ketones (excluding diaryl/α,β-unsaturated/α-hetero) is 1. The summed E-state index contributed by atoms with van der Waals surface area (Å²) < 4.78 is 24.8. The van der Waals surface area contributed by atoms with E-state index in [1.807, 2.05) is 27.7 Å². The monoisotopic (exact) mass is 549 g/mol. The Labute approximate surface area is 232 Å². The molecule has 9 nitrogen and oxygen atoms in total. The second-order valence-corrected chi connectivity index (χ2v) is 14.4. The number of hydrogen-bond donors (Lipinski definition) is 3. The molecule has 0 aromatic heterocycles. The number of piperidine rings is 1. The molecule has 4 aliphatic heterocycles. The van der Waals surface area contributed by atoms with Gasteiger partial charge in [-0.3, -0.25) is 10.5 Å². The third-order valence-electron chi connectivity index (χ3n) is 11.3. The average Bonchev–Trinajstić information content (AvgIpc) is 3.27. The van der Waals surface area contributed by atoms with Crippen LogP contribution in [-0.2, 0) is 28.5 Å². The lowest BCUT2D eigenvalue weighted by Gasteiger charge is -2.53. The van der Waals surface area contributed by atoms with Gasteiger partial charge in [-0.25, -0.2) is 4.79 Å². The number of carbonyl (C=O) groups is 2. The summed E-state index contributed by atoms with van der Waals surface area (Å²) in [6.07, 6.45) is 7.17. The Morgan fingerprint density at radius 1 is 1.13 bits per heavy atom. The molecule has 11 unspecified atom stereocenters. The molecule has 9 heteroatoms. The van der Waals surface area contributed by atoms with Crippen LogP contribution in [0.25, 0.3) is 0 Å². The SMILES string of the molecule is CC1CC(=O)C2C(CC3OC(C)(C)C(OC(=O)C4(C)OC4CC4(C5CC[NH2+]C(N)C5)CCCC4)CC3C2O)O1. The number of fused-ring (bicyclic) bond motifs is 2. The minimum absolute atomic E-state index is 0.0578. The van der Waals surface area contributed by atoms with Gasteiger partial charge in [0.2, 0.25) is 0 Å². The molecule has 4 saturated heterocycles. The van der Waals surface area contributed by atoms with Crippen molar-refractivity contribution in [2.24, 2.45) is 28.9 Å². The summed E-state index contributed by atoms with van der Waals surface area (Å²) in [6.45, 7) is 8.72. The van der Waals surface area contributed by atoms with Crippen molar-refractivity contribution in [2.75, 3.05) is 6.54 Å². The lowest BCUT2D eigenvalue weighted by atomic mass is 9.66. The molecule has 5 N–H and O–H groups in total. The van der Waals surface area contributed by atoms with Crippen LogP contribution < -0.4 is 11.1 Å². The Hall–Kier alpha value is -1.10.